The van der Waals surface area contributed by atoms with Crippen molar-refractivity contribution in [3.05, 3.63) is 60.2 Å². The molecule has 0 unspecified atom stereocenters. The van der Waals surface area contributed by atoms with Crippen LogP contribution in [-0.4, -0.2) is 17.4 Å². The fourth-order valence-electron chi connectivity index (χ4n) is 3.04. The monoisotopic (exact) mass is 346 g/mol. The maximum atomic E-state index is 10.8. The number of pyridine rings is 1. The average molecular weight is 346 g/mol. The first kappa shape index (κ1) is 17.6. The van der Waals surface area contributed by atoms with Gasteiger partial charge in [0.15, 0.2) is 5.96 Å². The molecule has 0 atom stereocenters. The summed E-state index contributed by atoms with van der Waals surface area (Å²) >= 11 is 0. The van der Waals surface area contributed by atoms with Crippen LogP contribution in [0.3, 0.4) is 0 Å². The Morgan fingerprint density at radius 2 is 1.73 bits per heavy atom. The van der Waals surface area contributed by atoms with E-state index in [9.17, 15) is 4.79 Å². The molecule has 1 amide bonds. The summed E-state index contributed by atoms with van der Waals surface area (Å²) in [6.07, 6.45) is 0.525. The Kier molecular flexibility index (Phi) is 4.71. The van der Waals surface area contributed by atoms with E-state index >= 15 is 0 Å². The number of aromatic nitrogens is 1. The first-order valence-electron chi connectivity index (χ1n) is 8.45. The maximum absolute atomic E-state index is 10.8. The molecule has 3 rings (SSSR count). The van der Waals surface area contributed by atoms with E-state index in [0.717, 1.165) is 33.4 Å². The Balaban J connectivity index is 2.45. The molecule has 0 radical (unpaired) electrons. The lowest BCUT2D eigenvalue weighted by Gasteiger charge is -2.25. The van der Waals surface area contributed by atoms with Crippen LogP contribution in [0.25, 0.3) is 22.2 Å². The molecule has 0 saturated carbocycles. The summed E-state index contributed by atoms with van der Waals surface area (Å²) in [6.45, 7) is 6.36. The van der Waals surface area contributed by atoms with Crippen LogP contribution in [0.5, 0.6) is 0 Å². The first-order chi connectivity index (χ1) is 12.4. The van der Waals surface area contributed by atoms with Crippen molar-refractivity contribution in [2.75, 3.05) is 0 Å². The molecule has 5 nitrogen and oxygen atoms in total. The third-order valence-electron chi connectivity index (χ3n) is 4.10. The van der Waals surface area contributed by atoms with Crippen LogP contribution in [0.2, 0.25) is 0 Å². The smallest absolute Gasteiger partial charge is 0.213 e. The van der Waals surface area contributed by atoms with Gasteiger partial charge in [-0.05, 0) is 11.5 Å². The second-order valence-corrected chi connectivity index (χ2v) is 7.08. The van der Waals surface area contributed by atoms with Crippen LogP contribution in [-0.2, 0) is 10.2 Å². The van der Waals surface area contributed by atoms with E-state index in [1.807, 2.05) is 54.6 Å². The van der Waals surface area contributed by atoms with Crippen LogP contribution in [0.1, 0.15) is 26.3 Å². The number of guanidine groups is 1. The average Bonchev–Trinajstić information content (AvgIpc) is 2.61. The van der Waals surface area contributed by atoms with E-state index in [1.165, 1.54) is 0 Å². The Hall–Kier alpha value is -3.21. The lowest BCUT2D eigenvalue weighted by molar-refractivity contribution is -0.108. The quantitative estimate of drug-likeness (QED) is 0.429. The highest BCUT2D eigenvalue weighted by atomic mass is 16.1. The standard InChI is InChI=1S/C21H22N4O/c1-21(2,3)17-18(14-9-5-4-6-10-14)24-16-12-8-7-11-15(16)19(17)25-20(22)23-13-26/h4-13H,1-3H3,(H3,22,23,24,25,26). The molecule has 0 aliphatic rings. The molecular weight excluding hydrogens is 324 g/mol. The van der Waals surface area contributed by atoms with Gasteiger partial charge in [0.1, 0.15) is 0 Å². The van der Waals surface area contributed by atoms with Gasteiger partial charge >= 0.3 is 0 Å². The summed E-state index contributed by atoms with van der Waals surface area (Å²) in [4.78, 5) is 20.2. The molecule has 0 saturated heterocycles. The number of nitrogens with one attached hydrogen (secondary N) is 1. The number of hydrogen-bond acceptors (Lipinski definition) is 3. The molecular formula is C21H22N4O. The predicted molar refractivity (Wildman–Crippen MR) is 106 cm³/mol. The highest BCUT2D eigenvalue weighted by Crippen LogP contribution is 2.42. The molecule has 132 valence electrons. The number of carbonyl (C=O) groups excluding carboxylic acids is 1. The Bertz CT molecular complexity index is 972. The van der Waals surface area contributed by atoms with Gasteiger partial charge in [0.2, 0.25) is 6.41 Å². The van der Waals surface area contributed by atoms with Crippen LogP contribution in [0.4, 0.5) is 5.69 Å². The van der Waals surface area contributed by atoms with Crippen molar-refractivity contribution < 1.29 is 4.79 Å². The van der Waals surface area contributed by atoms with Crippen molar-refractivity contribution in [1.29, 1.82) is 0 Å². The fourth-order valence-corrected chi connectivity index (χ4v) is 3.04. The van der Waals surface area contributed by atoms with Gasteiger partial charge in [-0.25, -0.2) is 9.98 Å². The van der Waals surface area contributed by atoms with Crippen molar-refractivity contribution in [3.8, 4) is 11.3 Å². The number of nitrogens with two attached hydrogens (primary N) is 1. The number of para-hydroxylation sites is 1. The van der Waals surface area contributed by atoms with Crippen molar-refractivity contribution >= 4 is 29.0 Å². The molecule has 26 heavy (non-hydrogen) atoms. The normalized spacial score (nSPS) is 12.2. The van der Waals surface area contributed by atoms with E-state index < -0.39 is 0 Å². The number of hydrogen-bond donors (Lipinski definition) is 2. The minimum atomic E-state index is -0.234. The largest absolute Gasteiger partial charge is 0.369 e. The SMILES string of the molecule is CC(C)(C)c1c(-c2ccccc2)nc2ccccc2c1N=C(N)NC=O. The molecule has 0 aliphatic carbocycles. The van der Waals surface area contributed by atoms with Gasteiger partial charge in [0, 0.05) is 16.5 Å². The van der Waals surface area contributed by atoms with Crippen molar-refractivity contribution in [3.63, 3.8) is 0 Å². The molecule has 3 N–H and O–H groups in total. The van der Waals surface area contributed by atoms with Gasteiger partial charge in [0.05, 0.1) is 16.9 Å². The number of fused-ring (bicyclic) bond motifs is 1. The first-order valence-corrected chi connectivity index (χ1v) is 8.45. The van der Waals surface area contributed by atoms with Gasteiger partial charge < -0.3 is 5.73 Å². The number of aliphatic imine (C=N–C) groups is 1. The lowest BCUT2D eigenvalue weighted by Crippen LogP contribution is -2.30. The van der Waals surface area contributed by atoms with Gasteiger partial charge in [-0.2, -0.15) is 0 Å². The van der Waals surface area contributed by atoms with Gasteiger partial charge in [-0.3, -0.25) is 10.1 Å². The van der Waals surface area contributed by atoms with Crippen molar-refractivity contribution in [2.24, 2.45) is 10.7 Å². The van der Waals surface area contributed by atoms with Crippen LogP contribution in [0.15, 0.2) is 59.6 Å². The summed E-state index contributed by atoms with van der Waals surface area (Å²) in [5.41, 5.74) is 10.1. The second kappa shape index (κ2) is 6.96. The van der Waals surface area contributed by atoms with Gasteiger partial charge in [0.25, 0.3) is 0 Å². The topological polar surface area (TPSA) is 80.4 Å². The fraction of sp³-hybridized carbons (Fsp3) is 0.190. The minimum Gasteiger partial charge on any atom is -0.369 e. The number of amides is 1. The van der Waals surface area contributed by atoms with E-state index in [0.29, 0.717) is 6.41 Å². The molecule has 1 aromatic heterocycles. The Morgan fingerprint density at radius 1 is 1.08 bits per heavy atom. The number of nitrogens with zero attached hydrogens (tertiary/aromatic N) is 2. The van der Waals surface area contributed by atoms with Crippen LogP contribution < -0.4 is 11.1 Å². The Labute approximate surface area is 153 Å². The maximum Gasteiger partial charge on any atom is 0.213 e. The van der Waals surface area contributed by atoms with Crippen LogP contribution >= 0.6 is 0 Å². The molecule has 0 bridgehead atoms. The highest BCUT2D eigenvalue weighted by molar-refractivity contribution is 5.99. The lowest BCUT2D eigenvalue weighted by atomic mass is 9.82. The highest BCUT2D eigenvalue weighted by Gasteiger charge is 2.26. The molecule has 3 aromatic rings. The van der Waals surface area contributed by atoms with E-state index in [4.69, 9.17) is 10.7 Å². The summed E-state index contributed by atoms with van der Waals surface area (Å²) in [5, 5.41) is 3.32. The predicted octanol–water partition coefficient (Wildman–Crippen LogP) is 3.89. The summed E-state index contributed by atoms with van der Waals surface area (Å²) in [5.74, 6) is 0.0564. The zero-order valence-corrected chi connectivity index (χ0v) is 15.2. The molecule has 0 aliphatic heterocycles. The van der Waals surface area contributed by atoms with Gasteiger partial charge in [-0.1, -0.05) is 69.3 Å². The van der Waals surface area contributed by atoms with Crippen molar-refractivity contribution in [1.82, 2.24) is 10.3 Å². The zero-order chi connectivity index (χ0) is 18.7. The number of benzene rings is 2. The van der Waals surface area contributed by atoms with E-state index in [2.05, 4.69) is 31.1 Å². The molecule has 0 spiro atoms. The third kappa shape index (κ3) is 3.42. The van der Waals surface area contributed by atoms with E-state index in [-0.39, 0.29) is 11.4 Å². The molecule has 5 heteroatoms. The summed E-state index contributed by atoms with van der Waals surface area (Å²) < 4.78 is 0. The number of rotatable bonds is 3. The van der Waals surface area contributed by atoms with Gasteiger partial charge in [-0.15, -0.1) is 0 Å². The zero-order valence-electron chi connectivity index (χ0n) is 15.2. The molecule has 2 aromatic carbocycles. The Morgan fingerprint density at radius 3 is 2.38 bits per heavy atom. The summed E-state index contributed by atoms with van der Waals surface area (Å²) in [6, 6.07) is 17.8. The molecule has 0 fully saturated rings. The second-order valence-electron chi connectivity index (χ2n) is 7.08. The van der Waals surface area contributed by atoms with Crippen LogP contribution in [0, 0.1) is 0 Å². The molecule has 1 heterocycles. The number of carbonyl (C=O) groups is 1. The minimum absolute atomic E-state index is 0.0564. The summed E-state index contributed by atoms with van der Waals surface area (Å²) in [7, 11) is 0. The van der Waals surface area contributed by atoms with E-state index in [1.54, 1.807) is 0 Å². The van der Waals surface area contributed by atoms with Crippen molar-refractivity contribution in [2.45, 2.75) is 26.2 Å². The third-order valence-corrected chi connectivity index (χ3v) is 4.10.